The van der Waals surface area contributed by atoms with Crippen LogP contribution < -0.4 is 0 Å². The summed E-state index contributed by atoms with van der Waals surface area (Å²) in [4.78, 5) is 0. The Bertz CT molecular complexity index is 433. The van der Waals surface area contributed by atoms with Crippen LogP contribution in [0.1, 0.15) is 39.5 Å². The van der Waals surface area contributed by atoms with Crippen LogP contribution in [0.25, 0.3) is 0 Å². The minimum Gasteiger partial charge on any atom is -0.106 e. The first-order valence-electron chi connectivity index (χ1n) is 5.08. The zero-order valence-electron chi connectivity index (χ0n) is 9.83. The van der Waals surface area contributed by atoms with Gasteiger partial charge in [-0.05, 0) is 13.8 Å². The van der Waals surface area contributed by atoms with Gasteiger partial charge in [0.1, 0.15) is 0 Å². The standard InChI is InChI=1S/C16H14/c1-3-5-7-9-11-13-15-16-14-12-10-8-6-4-2/h7-8,13-14H2,1-2H3. The minimum absolute atomic E-state index is 0.599. The van der Waals surface area contributed by atoms with Crippen LogP contribution in [0.5, 0.6) is 0 Å². The van der Waals surface area contributed by atoms with Crippen molar-refractivity contribution in [3.05, 3.63) is 0 Å². The number of hydrogen-bond acceptors (Lipinski definition) is 0. The molecular weight excluding hydrogens is 192 g/mol. The van der Waals surface area contributed by atoms with Crippen molar-refractivity contribution >= 4 is 0 Å². The van der Waals surface area contributed by atoms with E-state index in [0.717, 1.165) is 0 Å². The molecule has 0 aliphatic carbocycles. The maximum absolute atomic E-state index is 2.94. The zero-order chi connectivity index (χ0) is 11.9. The smallest absolute Gasteiger partial charge is 0.0703 e. The minimum atomic E-state index is 0.599. The summed E-state index contributed by atoms with van der Waals surface area (Å²) >= 11 is 0. The van der Waals surface area contributed by atoms with Gasteiger partial charge < -0.3 is 0 Å². The molecule has 0 radical (unpaired) electrons. The molecule has 0 aromatic heterocycles. The first-order valence-corrected chi connectivity index (χ1v) is 5.08. The van der Waals surface area contributed by atoms with Crippen molar-refractivity contribution in [3.63, 3.8) is 0 Å². The highest BCUT2D eigenvalue weighted by Crippen LogP contribution is 1.77. The van der Waals surface area contributed by atoms with E-state index in [1.54, 1.807) is 0 Å². The molecule has 0 N–H and O–H groups in total. The van der Waals surface area contributed by atoms with Crippen molar-refractivity contribution in [2.24, 2.45) is 0 Å². The van der Waals surface area contributed by atoms with Gasteiger partial charge in [0.25, 0.3) is 0 Å². The molecule has 0 fully saturated rings. The summed E-state index contributed by atoms with van der Waals surface area (Å²) in [5.41, 5.74) is 0. The molecule has 0 aromatic carbocycles. The van der Waals surface area contributed by atoms with Crippen LogP contribution in [0.4, 0.5) is 0 Å². The van der Waals surface area contributed by atoms with E-state index in [2.05, 4.69) is 59.2 Å². The molecule has 0 heterocycles. The molecule has 0 aromatic rings. The van der Waals surface area contributed by atoms with Gasteiger partial charge in [0, 0.05) is 0 Å². The lowest BCUT2D eigenvalue weighted by Crippen LogP contribution is -1.65. The van der Waals surface area contributed by atoms with Crippen molar-refractivity contribution in [2.75, 3.05) is 0 Å². The lowest BCUT2D eigenvalue weighted by atomic mass is 10.3. The Morgan fingerprint density at radius 3 is 0.938 bits per heavy atom. The Balaban J connectivity index is 3.65. The Hall–Kier alpha value is -2.20. The summed E-state index contributed by atoms with van der Waals surface area (Å²) in [6, 6.07) is 0. The van der Waals surface area contributed by atoms with Crippen LogP contribution in [-0.2, 0) is 0 Å². The SMILES string of the molecule is CC#CCC#CCC#CCC#CCC#CC. The number of rotatable bonds is 0. The summed E-state index contributed by atoms with van der Waals surface area (Å²) in [6.07, 6.45) is 2.46. The Kier molecular flexibility index (Phi) is 11.0. The monoisotopic (exact) mass is 206 g/mol. The second-order valence-electron chi connectivity index (χ2n) is 2.62. The second-order valence-corrected chi connectivity index (χ2v) is 2.62. The third-order valence-electron chi connectivity index (χ3n) is 1.44. The molecule has 16 heavy (non-hydrogen) atoms. The van der Waals surface area contributed by atoms with Crippen LogP contribution in [0.2, 0.25) is 0 Å². The van der Waals surface area contributed by atoms with Gasteiger partial charge in [-0.25, -0.2) is 0 Å². The van der Waals surface area contributed by atoms with E-state index in [1.165, 1.54) is 0 Å². The Morgan fingerprint density at radius 2 is 0.688 bits per heavy atom. The first kappa shape index (κ1) is 13.8. The second kappa shape index (κ2) is 12.8. The lowest BCUT2D eigenvalue weighted by molar-refractivity contribution is 1.46. The highest BCUT2D eigenvalue weighted by atomic mass is 13.7. The molecule has 0 saturated carbocycles. The van der Waals surface area contributed by atoms with Crippen LogP contribution >= 0.6 is 0 Å². The van der Waals surface area contributed by atoms with Crippen molar-refractivity contribution in [1.29, 1.82) is 0 Å². The fourth-order valence-electron chi connectivity index (χ4n) is 0.729. The summed E-state index contributed by atoms with van der Waals surface area (Å²) in [6.45, 7) is 3.62. The van der Waals surface area contributed by atoms with Crippen LogP contribution in [0.15, 0.2) is 0 Å². The molecule has 0 aliphatic heterocycles. The third kappa shape index (κ3) is 11.8. The summed E-state index contributed by atoms with van der Waals surface area (Å²) in [5, 5.41) is 0. The molecule has 0 spiro atoms. The largest absolute Gasteiger partial charge is 0.106 e. The molecular formula is C16H14. The maximum Gasteiger partial charge on any atom is 0.0703 e. The zero-order valence-corrected chi connectivity index (χ0v) is 9.83. The van der Waals surface area contributed by atoms with E-state index in [-0.39, 0.29) is 0 Å². The van der Waals surface area contributed by atoms with Crippen LogP contribution in [0.3, 0.4) is 0 Å². The molecule has 0 atom stereocenters. The van der Waals surface area contributed by atoms with Crippen LogP contribution in [0, 0.1) is 59.2 Å². The first-order chi connectivity index (χ1) is 7.91. The average molecular weight is 206 g/mol. The van der Waals surface area contributed by atoms with Gasteiger partial charge in [-0.15, -0.1) is 11.8 Å². The number of hydrogen-bond donors (Lipinski definition) is 0. The van der Waals surface area contributed by atoms with Gasteiger partial charge in [0.2, 0.25) is 0 Å². The summed E-state index contributed by atoms with van der Waals surface area (Å²) in [5.74, 6) is 28.9. The molecule has 0 saturated heterocycles. The van der Waals surface area contributed by atoms with Crippen molar-refractivity contribution < 1.29 is 0 Å². The molecule has 0 rings (SSSR count). The molecule has 0 bridgehead atoms. The quantitative estimate of drug-likeness (QED) is 0.534. The topological polar surface area (TPSA) is 0 Å². The lowest BCUT2D eigenvalue weighted by Gasteiger charge is -1.73. The van der Waals surface area contributed by atoms with E-state index in [4.69, 9.17) is 0 Å². The van der Waals surface area contributed by atoms with Crippen molar-refractivity contribution in [3.8, 4) is 59.2 Å². The summed E-state index contributed by atoms with van der Waals surface area (Å²) < 4.78 is 0. The third-order valence-corrected chi connectivity index (χ3v) is 1.44. The maximum atomic E-state index is 2.94. The summed E-state index contributed by atoms with van der Waals surface area (Å²) in [7, 11) is 0. The molecule has 78 valence electrons. The van der Waals surface area contributed by atoms with E-state index in [9.17, 15) is 0 Å². The van der Waals surface area contributed by atoms with Crippen molar-refractivity contribution in [2.45, 2.75) is 39.5 Å². The predicted molar refractivity (Wildman–Crippen MR) is 68.7 cm³/mol. The van der Waals surface area contributed by atoms with E-state index in [1.807, 2.05) is 13.8 Å². The Morgan fingerprint density at radius 1 is 0.438 bits per heavy atom. The van der Waals surface area contributed by atoms with Gasteiger partial charge in [0.15, 0.2) is 0 Å². The van der Waals surface area contributed by atoms with Gasteiger partial charge >= 0.3 is 0 Å². The average Bonchev–Trinajstić information content (AvgIpc) is 2.31. The van der Waals surface area contributed by atoms with E-state index in [0.29, 0.717) is 25.7 Å². The molecule has 0 nitrogen and oxygen atoms in total. The van der Waals surface area contributed by atoms with Crippen LogP contribution in [-0.4, -0.2) is 0 Å². The van der Waals surface area contributed by atoms with Gasteiger partial charge in [-0.2, -0.15) is 0 Å². The fraction of sp³-hybridized carbons (Fsp3) is 0.375. The van der Waals surface area contributed by atoms with Gasteiger partial charge in [0.05, 0.1) is 25.7 Å². The van der Waals surface area contributed by atoms with Crippen molar-refractivity contribution in [1.82, 2.24) is 0 Å². The van der Waals surface area contributed by atoms with E-state index < -0.39 is 0 Å². The molecule has 0 aliphatic rings. The highest BCUT2D eigenvalue weighted by Gasteiger charge is 1.69. The normalized spacial score (nSPS) is 5.88. The van der Waals surface area contributed by atoms with Gasteiger partial charge in [-0.1, -0.05) is 47.4 Å². The van der Waals surface area contributed by atoms with E-state index >= 15 is 0 Å². The highest BCUT2D eigenvalue weighted by molar-refractivity contribution is 5.19. The fourth-order valence-corrected chi connectivity index (χ4v) is 0.729. The predicted octanol–water partition coefficient (Wildman–Crippen LogP) is 2.60. The molecule has 0 unspecified atom stereocenters. The molecule has 0 heteroatoms. The molecule has 0 amide bonds. The Labute approximate surface area is 99.2 Å². The van der Waals surface area contributed by atoms with Gasteiger partial charge in [-0.3, -0.25) is 0 Å².